The largest absolute Gasteiger partial charge is 0.494 e. The minimum absolute atomic E-state index is 0.0991. The molecule has 1 amide bonds. The van der Waals surface area contributed by atoms with Crippen LogP contribution in [-0.2, 0) is 25.0 Å². The van der Waals surface area contributed by atoms with Crippen LogP contribution in [0.15, 0.2) is 18.2 Å². The summed E-state index contributed by atoms with van der Waals surface area (Å²) in [6.07, 6.45) is -10.9. The second-order valence-corrected chi connectivity index (χ2v) is 21.0. The van der Waals surface area contributed by atoms with E-state index in [0.717, 1.165) is 81.4 Å². The van der Waals surface area contributed by atoms with Crippen LogP contribution >= 0.6 is 8.53 Å². The monoisotopic (exact) mass is 973 g/mol. The fourth-order valence-corrected chi connectivity index (χ4v) is 13.2. The summed E-state index contributed by atoms with van der Waals surface area (Å²) in [5.41, 5.74) is -3.94. The van der Waals surface area contributed by atoms with E-state index in [0.29, 0.717) is 43.4 Å². The number of likely N-dealkylation sites (N-methyl/N-ethyl adjacent to an activating group) is 2. The van der Waals surface area contributed by atoms with Gasteiger partial charge in [0.2, 0.25) is 5.91 Å². The Labute approximate surface area is 385 Å². The Hall–Kier alpha value is -2.46. The molecular weight excluding hydrogens is 904 g/mol. The fourth-order valence-electron chi connectivity index (χ4n) is 11.5. The summed E-state index contributed by atoms with van der Waals surface area (Å²) in [6, 6.07) is 9.34. The van der Waals surface area contributed by atoms with E-state index in [1.165, 1.54) is 18.2 Å². The minimum Gasteiger partial charge on any atom is -0.494 e. The number of amides is 1. The lowest BCUT2D eigenvalue weighted by atomic mass is 9.55. The highest BCUT2D eigenvalue weighted by Crippen LogP contribution is 2.62. The topological polar surface area (TPSA) is 90.7 Å². The highest BCUT2D eigenvalue weighted by atomic mass is 31.2. The molecule has 66 heavy (non-hydrogen) atoms. The van der Waals surface area contributed by atoms with Gasteiger partial charge in [-0.25, -0.2) is 4.67 Å². The number of aryl methyl sites for hydroxylation is 1. The molecule has 1 aromatic carbocycles. The molecule has 20 heteroatoms. The van der Waals surface area contributed by atoms with Crippen LogP contribution in [0.25, 0.3) is 0 Å². The number of nitriles is 1. The van der Waals surface area contributed by atoms with E-state index in [4.69, 9.17) is 19.0 Å². The van der Waals surface area contributed by atoms with E-state index in [1.807, 2.05) is 0 Å². The summed E-state index contributed by atoms with van der Waals surface area (Å²) in [6.45, 7) is 9.81. The molecule has 0 spiro atoms. The maximum atomic E-state index is 13.5. The number of hydrogen-bond acceptors (Lipinski definition) is 9. The Morgan fingerprint density at radius 3 is 2.17 bits per heavy atom. The number of alkyl halides is 9. The molecule has 0 aliphatic heterocycles. The minimum atomic E-state index is -6.81. The number of hydrogen-bond donors (Lipinski definition) is 0. The lowest BCUT2D eigenvalue weighted by Gasteiger charge is -2.52. The van der Waals surface area contributed by atoms with Gasteiger partial charge in [-0.05, 0) is 152 Å². The first-order chi connectivity index (χ1) is 30.8. The number of nitrogens with zero attached hydrogens (tertiary/aromatic N) is 5. The predicted octanol–water partition coefficient (Wildman–Crippen LogP) is 10.7. The fraction of sp³-hybridized carbons (Fsp3) is 0.826. The predicted molar refractivity (Wildman–Crippen MR) is 232 cm³/mol. The third-order valence-corrected chi connectivity index (χ3v) is 16.9. The Morgan fingerprint density at radius 2 is 1.55 bits per heavy atom. The van der Waals surface area contributed by atoms with Crippen LogP contribution in [-0.4, -0.2) is 140 Å². The van der Waals surface area contributed by atoms with Crippen molar-refractivity contribution in [3.63, 3.8) is 0 Å². The quantitative estimate of drug-likeness (QED) is 0.0679. The molecule has 0 radical (unpaired) electrons. The van der Waals surface area contributed by atoms with Crippen molar-refractivity contribution in [2.45, 2.75) is 166 Å². The molecular formula is C46H69F9N5O5P. The number of fused-ring (bicyclic) bond motifs is 5. The average Bonchev–Trinajstić information content (AvgIpc) is 3.83. The van der Waals surface area contributed by atoms with Crippen molar-refractivity contribution < 1.29 is 62.8 Å². The SMILES string of the molecule is CC(C)N(C(C)C)P(OCCC#N)O[C@@H]1CCC(N(C)CCCOc2ccc3c(c2)CCC2C3CC[C@@]3(C)C2CC[C@@H]3N(C)C(=O)CN(C)CCOC(C(F)(F)F)(C(F)(F)F)C(F)(F)F)C1. The number of benzene rings is 1. The molecule has 5 unspecified atom stereocenters. The highest BCUT2D eigenvalue weighted by Gasteiger charge is 2.85. The molecule has 5 rings (SSSR count). The maximum Gasteiger partial charge on any atom is 0.435 e. The van der Waals surface area contributed by atoms with E-state index >= 15 is 0 Å². The molecule has 0 aromatic heterocycles. The van der Waals surface area contributed by atoms with Crippen molar-refractivity contribution in [1.82, 2.24) is 19.4 Å². The van der Waals surface area contributed by atoms with Crippen LogP contribution in [0.3, 0.4) is 0 Å². The first-order valence-electron chi connectivity index (χ1n) is 23.3. The van der Waals surface area contributed by atoms with Gasteiger partial charge in [0.15, 0.2) is 0 Å². The van der Waals surface area contributed by atoms with Crippen molar-refractivity contribution >= 4 is 14.4 Å². The van der Waals surface area contributed by atoms with Gasteiger partial charge in [-0.15, -0.1) is 0 Å². The first kappa shape index (κ1) is 54.5. The van der Waals surface area contributed by atoms with E-state index in [2.05, 4.69) is 80.2 Å². The van der Waals surface area contributed by atoms with E-state index in [-0.39, 0.29) is 29.6 Å². The molecule has 0 bridgehead atoms. The number of carbonyl (C=O) groups is 1. The van der Waals surface area contributed by atoms with Crippen LogP contribution in [0.4, 0.5) is 39.5 Å². The zero-order valence-electron chi connectivity index (χ0n) is 39.5. The van der Waals surface area contributed by atoms with E-state index in [1.54, 1.807) is 11.9 Å². The molecule has 8 atom stereocenters. The van der Waals surface area contributed by atoms with Crippen molar-refractivity contribution in [1.29, 1.82) is 5.26 Å². The Balaban J connectivity index is 1.08. The summed E-state index contributed by atoms with van der Waals surface area (Å²) in [7, 11) is 3.75. The second-order valence-electron chi connectivity index (χ2n) is 19.6. The number of rotatable bonds is 21. The summed E-state index contributed by atoms with van der Waals surface area (Å²) in [5.74, 6) is 1.50. The third kappa shape index (κ3) is 11.9. The zero-order chi connectivity index (χ0) is 49.0. The molecule has 0 heterocycles. The van der Waals surface area contributed by atoms with Crippen LogP contribution in [0.2, 0.25) is 0 Å². The molecule has 3 saturated carbocycles. The van der Waals surface area contributed by atoms with Crippen LogP contribution < -0.4 is 4.74 Å². The summed E-state index contributed by atoms with van der Waals surface area (Å²) in [5, 5.41) is 9.04. The van der Waals surface area contributed by atoms with Gasteiger partial charge in [-0.3, -0.25) is 9.69 Å². The molecule has 4 aliphatic carbocycles. The van der Waals surface area contributed by atoms with Crippen molar-refractivity contribution in [3.05, 3.63) is 29.3 Å². The standard InChI is InChI=1S/C46H69F9N5O5P/c1-30(2)60(31(3)4)66(64-25-9-21-56)65-35-13-12-33(28-35)58(7)22-10-24-62-34-14-16-36-32(27-34)11-15-38-37(36)19-20-42(5)39(38)17-18-40(42)59(8)41(61)29-57(6)23-26-63-43(44(47,48)49,45(50,51)52)46(53,54)55/h14,16,27,30-31,33,35,37-40H,9-13,15,17-20,22-26,28-29H2,1-8H3/t33?,35-,37?,38?,39?,40+,42+,66?/m1/s1. The van der Waals surface area contributed by atoms with Crippen LogP contribution in [0, 0.1) is 28.6 Å². The van der Waals surface area contributed by atoms with Gasteiger partial charge in [0.05, 0.1) is 45.0 Å². The van der Waals surface area contributed by atoms with Gasteiger partial charge in [0, 0.05) is 44.3 Å². The van der Waals surface area contributed by atoms with Gasteiger partial charge in [0.25, 0.3) is 8.53 Å². The molecule has 1 aromatic rings. The van der Waals surface area contributed by atoms with Crippen LogP contribution in [0.1, 0.15) is 116 Å². The maximum absolute atomic E-state index is 13.5. The molecule has 0 N–H and O–H groups in total. The normalized spacial score (nSPS) is 26.5. The summed E-state index contributed by atoms with van der Waals surface area (Å²) in [4.78, 5) is 18.5. The van der Waals surface area contributed by atoms with Gasteiger partial charge in [-0.2, -0.15) is 44.8 Å². The van der Waals surface area contributed by atoms with E-state index < -0.39 is 58.3 Å². The van der Waals surface area contributed by atoms with Crippen molar-refractivity contribution in [2.75, 3.05) is 60.6 Å². The first-order valence-corrected chi connectivity index (χ1v) is 24.4. The van der Waals surface area contributed by atoms with Gasteiger partial charge in [0.1, 0.15) is 5.75 Å². The number of halogens is 9. The second kappa shape index (κ2) is 22.1. The highest BCUT2D eigenvalue weighted by molar-refractivity contribution is 7.44. The Kier molecular flexibility index (Phi) is 18.2. The lowest BCUT2D eigenvalue weighted by molar-refractivity contribution is -0.457. The average molecular weight is 974 g/mol. The molecule has 4 aliphatic rings. The zero-order valence-corrected chi connectivity index (χ0v) is 40.4. The van der Waals surface area contributed by atoms with Gasteiger partial charge >= 0.3 is 24.1 Å². The molecule has 3 fully saturated rings. The smallest absolute Gasteiger partial charge is 0.435 e. The molecule has 376 valence electrons. The Morgan fingerprint density at radius 1 is 0.879 bits per heavy atom. The Bertz CT molecular complexity index is 1750. The molecule has 10 nitrogen and oxygen atoms in total. The van der Waals surface area contributed by atoms with Crippen molar-refractivity contribution in [2.24, 2.45) is 17.3 Å². The van der Waals surface area contributed by atoms with Crippen molar-refractivity contribution in [3.8, 4) is 11.8 Å². The lowest BCUT2D eigenvalue weighted by Crippen LogP contribution is -2.68. The summed E-state index contributed by atoms with van der Waals surface area (Å²) < 4.78 is 145. The van der Waals surface area contributed by atoms with Gasteiger partial charge in [-0.1, -0.05) is 13.0 Å². The summed E-state index contributed by atoms with van der Waals surface area (Å²) >= 11 is 0. The van der Waals surface area contributed by atoms with Crippen LogP contribution in [0.5, 0.6) is 5.75 Å². The third-order valence-electron chi connectivity index (χ3n) is 14.7. The number of ether oxygens (including phenoxy) is 2. The molecule has 0 saturated heterocycles. The van der Waals surface area contributed by atoms with Gasteiger partial charge < -0.3 is 28.3 Å². The van der Waals surface area contributed by atoms with E-state index in [9.17, 15) is 44.3 Å². The number of carbonyl (C=O) groups excluding carboxylic acids is 1.